The molecule has 1 saturated heterocycles. The summed E-state index contributed by atoms with van der Waals surface area (Å²) in [6, 6.07) is 1.62. The molecule has 35 heavy (non-hydrogen) atoms. The number of likely N-dealkylation sites (tertiary alicyclic amines) is 1. The van der Waals surface area contributed by atoms with Gasteiger partial charge in [0.2, 0.25) is 0 Å². The molecule has 1 spiro atoms. The lowest BCUT2D eigenvalue weighted by molar-refractivity contribution is -0.112. The van der Waals surface area contributed by atoms with Crippen LogP contribution in [0.1, 0.15) is 60.3 Å². The van der Waals surface area contributed by atoms with E-state index in [1.54, 1.807) is 23.3 Å². The zero-order valence-electron chi connectivity index (χ0n) is 21.0. The molecule has 0 unspecified atom stereocenters. The molecule has 1 aliphatic carbocycles. The summed E-state index contributed by atoms with van der Waals surface area (Å²) in [6.07, 6.45) is 7.82. The maximum atomic E-state index is 14.3. The number of carbonyl (C=O) groups excluding carboxylic acids is 1. The molecule has 5 rings (SSSR count). The monoisotopic (exact) mass is 483 g/mol. The van der Waals surface area contributed by atoms with Crippen molar-refractivity contribution >= 4 is 22.6 Å². The number of rotatable bonds is 4. The summed E-state index contributed by atoms with van der Waals surface area (Å²) in [4.78, 5) is 19.7. The Morgan fingerprint density at radius 3 is 2.60 bits per heavy atom. The van der Waals surface area contributed by atoms with Gasteiger partial charge in [-0.2, -0.15) is 10.2 Å². The summed E-state index contributed by atoms with van der Waals surface area (Å²) in [5, 5.41) is 26.5. The molecular weight excluding hydrogens is 449 g/mol. The molecule has 2 amide bonds. The Hall–Kier alpha value is -3.01. The van der Waals surface area contributed by atoms with Gasteiger partial charge in [-0.05, 0) is 44.6 Å². The van der Waals surface area contributed by atoms with Crippen molar-refractivity contribution in [1.29, 1.82) is 0 Å². The van der Waals surface area contributed by atoms with Crippen LogP contribution in [-0.2, 0) is 6.54 Å². The zero-order chi connectivity index (χ0) is 25.2. The van der Waals surface area contributed by atoms with Crippen molar-refractivity contribution in [3.05, 3.63) is 24.7 Å². The molecule has 9 nitrogen and oxygen atoms in total. The highest BCUT2D eigenvalue weighted by Gasteiger charge is 2.60. The van der Waals surface area contributed by atoms with E-state index in [0.29, 0.717) is 36.5 Å². The maximum absolute atomic E-state index is 14.3. The largest absolute Gasteiger partial charge is 0.389 e. The second-order valence-corrected chi connectivity index (χ2v) is 11.8. The van der Waals surface area contributed by atoms with Crippen molar-refractivity contribution in [3.63, 3.8) is 0 Å². The minimum Gasteiger partial charge on any atom is -0.389 e. The number of H-pyrrole nitrogens is 1. The number of nitrogens with one attached hydrogen (secondary N) is 2. The lowest BCUT2D eigenvalue weighted by Crippen LogP contribution is -2.59. The number of piperidine rings is 1. The molecule has 3 aromatic rings. The SMILES string of the molecule is CC(C)(F)Cn1ncc2cnc(-c3[nH]ncc3NC(=O)N3CC[C@](O)(C(C)(C)C)CC34CC4)cc21. The number of hydrogen-bond donors (Lipinski definition) is 3. The molecule has 4 heterocycles. The first-order valence-electron chi connectivity index (χ1n) is 12.2. The van der Waals surface area contributed by atoms with E-state index in [1.807, 2.05) is 11.0 Å². The molecule has 10 heteroatoms. The summed E-state index contributed by atoms with van der Waals surface area (Å²) >= 11 is 0. The van der Waals surface area contributed by atoms with E-state index in [2.05, 4.69) is 46.4 Å². The summed E-state index contributed by atoms with van der Waals surface area (Å²) in [5.41, 5.74) is -0.340. The first-order valence-corrected chi connectivity index (χ1v) is 12.2. The van der Waals surface area contributed by atoms with Gasteiger partial charge < -0.3 is 15.3 Å². The average Bonchev–Trinajstić information content (AvgIpc) is 3.16. The molecule has 2 fully saturated rings. The van der Waals surface area contributed by atoms with Crippen LogP contribution < -0.4 is 5.32 Å². The van der Waals surface area contributed by atoms with Crippen molar-refractivity contribution in [1.82, 2.24) is 29.9 Å². The number of halogens is 1. The first-order chi connectivity index (χ1) is 16.3. The van der Waals surface area contributed by atoms with Crippen LogP contribution in [-0.4, -0.2) is 64.4 Å². The summed E-state index contributed by atoms with van der Waals surface area (Å²) in [5.74, 6) is 0. The Morgan fingerprint density at radius 1 is 1.20 bits per heavy atom. The minimum atomic E-state index is -1.41. The number of alkyl halides is 1. The van der Waals surface area contributed by atoms with Crippen LogP contribution in [0.15, 0.2) is 24.7 Å². The number of aromatic amines is 1. The summed E-state index contributed by atoms with van der Waals surface area (Å²) < 4.78 is 15.9. The van der Waals surface area contributed by atoms with Crippen molar-refractivity contribution in [3.8, 4) is 11.4 Å². The molecule has 0 aromatic carbocycles. The van der Waals surface area contributed by atoms with Gasteiger partial charge in [0.25, 0.3) is 0 Å². The predicted molar refractivity (Wildman–Crippen MR) is 132 cm³/mol. The number of aromatic nitrogens is 5. The number of hydrogen-bond acceptors (Lipinski definition) is 5. The number of aliphatic hydroxyl groups is 1. The van der Waals surface area contributed by atoms with Crippen LogP contribution in [0.4, 0.5) is 14.9 Å². The van der Waals surface area contributed by atoms with Gasteiger partial charge in [-0.3, -0.25) is 14.8 Å². The van der Waals surface area contributed by atoms with Crippen molar-refractivity contribution in [2.75, 3.05) is 11.9 Å². The van der Waals surface area contributed by atoms with Gasteiger partial charge in [0.1, 0.15) is 11.4 Å². The van der Waals surface area contributed by atoms with E-state index in [0.717, 1.165) is 23.7 Å². The number of fused-ring (bicyclic) bond motifs is 1. The van der Waals surface area contributed by atoms with Crippen LogP contribution >= 0.6 is 0 Å². The third-order valence-electron chi connectivity index (χ3n) is 7.60. The van der Waals surface area contributed by atoms with Crippen LogP contribution in [0, 0.1) is 5.41 Å². The molecule has 0 radical (unpaired) electrons. The Labute approximate surface area is 204 Å². The van der Waals surface area contributed by atoms with Gasteiger partial charge >= 0.3 is 6.03 Å². The number of amides is 2. The number of carbonyl (C=O) groups is 1. The quantitative estimate of drug-likeness (QED) is 0.506. The van der Waals surface area contributed by atoms with Crippen LogP contribution in [0.2, 0.25) is 0 Å². The Bertz CT molecular complexity index is 1260. The molecule has 1 saturated carbocycles. The van der Waals surface area contributed by atoms with Gasteiger partial charge in [0, 0.05) is 30.1 Å². The van der Waals surface area contributed by atoms with E-state index in [-0.39, 0.29) is 23.5 Å². The number of pyridine rings is 1. The Kier molecular flexibility index (Phi) is 5.25. The fourth-order valence-corrected chi connectivity index (χ4v) is 5.16. The van der Waals surface area contributed by atoms with Crippen LogP contribution in [0.5, 0.6) is 0 Å². The van der Waals surface area contributed by atoms with Crippen molar-refractivity contribution < 1.29 is 14.3 Å². The van der Waals surface area contributed by atoms with Gasteiger partial charge in [-0.15, -0.1) is 0 Å². The lowest BCUT2D eigenvalue weighted by atomic mass is 9.68. The van der Waals surface area contributed by atoms with Crippen LogP contribution in [0.25, 0.3) is 22.3 Å². The Balaban J connectivity index is 1.37. The van der Waals surface area contributed by atoms with E-state index in [9.17, 15) is 14.3 Å². The molecule has 0 bridgehead atoms. The van der Waals surface area contributed by atoms with E-state index >= 15 is 0 Å². The van der Waals surface area contributed by atoms with Crippen LogP contribution in [0.3, 0.4) is 0 Å². The highest BCUT2D eigenvalue weighted by atomic mass is 19.1. The summed E-state index contributed by atoms with van der Waals surface area (Å²) in [7, 11) is 0. The standard InChI is InChI=1S/C25H34FN7O2/c1-22(2,3)25(35)8-9-32(24(14-25)6-7-24)21(34)30-18-13-28-31-20(18)17-10-19-16(11-27-17)12-29-33(19)15-23(4,5)26/h10-13,35H,6-9,14-15H2,1-5H3,(H,28,31)(H,30,34)/t25-/m1/s1. The smallest absolute Gasteiger partial charge is 0.322 e. The van der Waals surface area contributed by atoms with Crippen molar-refractivity contribution in [2.45, 2.75) is 83.7 Å². The summed E-state index contributed by atoms with van der Waals surface area (Å²) in [6.45, 7) is 9.81. The van der Waals surface area contributed by atoms with Gasteiger partial charge in [0.05, 0.1) is 41.4 Å². The average molecular weight is 484 g/mol. The van der Waals surface area contributed by atoms with Crippen molar-refractivity contribution in [2.24, 2.45) is 5.41 Å². The lowest BCUT2D eigenvalue weighted by Gasteiger charge is -2.50. The van der Waals surface area contributed by atoms with Gasteiger partial charge in [-0.25, -0.2) is 9.18 Å². The fraction of sp³-hybridized carbons (Fsp3) is 0.600. The number of anilines is 1. The predicted octanol–water partition coefficient (Wildman–Crippen LogP) is 4.51. The minimum absolute atomic E-state index is 0.116. The molecule has 2 aliphatic rings. The normalized spacial score (nSPS) is 22.1. The second kappa shape index (κ2) is 7.74. The third-order valence-corrected chi connectivity index (χ3v) is 7.60. The third kappa shape index (κ3) is 4.28. The molecule has 188 valence electrons. The molecule has 3 aromatic heterocycles. The zero-order valence-corrected chi connectivity index (χ0v) is 21.0. The van der Waals surface area contributed by atoms with E-state index in [4.69, 9.17) is 0 Å². The molecular formula is C25H34FN7O2. The maximum Gasteiger partial charge on any atom is 0.322 e. The number of nitrogens with zero attached hydrogens (tertiary/aromatic N) is 5. The molecule has 3 N–H and O–H groups in total. The van der Waals surface area contributed by atoms with E-state index < -0.39 is 11.3 Å². The highest BCUT2D eigenvalue weighted by Crippen LogP contribution is 2.55. The molecule has 1 atom stereocenters. The first kappa shape index (κ1) is 23.7. The second-order valence-electron chi connectivity index (χ2n) is 11.8. The van der Waals surface area contributed by atoms with E-state index in [1.165, 1.54) is 13.8 Å². The van der Waals surface area contributed by atoms with Gasteiger partial charge in [-0.1, -0.05) is 20.8 Å². The molecule has 1 aliphatic heterocycles. The topological polar surface area (TPSA) is 112 Å². The Morgan fingerprint density at radius 2 is 1.94 bits per heavy atom. The highest BCUT2D eigenvalue weighted by molar-refractivity contribution is 5.94. The van der Waals surface area contributed by atoms with Gasteiger partial charge in [0.15, 0.2) is 0 Å². The number of urea groups is 1. The fourth-order valence-electron chi connectivity index (χ4n) is 5.16.